The molecule has 4 aliphatic rings. The number of hydrogen-bond acceptors (Lipinski definition) is 8. The van der Waals surface area contributed by atoms with Gasteiger partial charge in [-0.15, -0.1) is 0 Å². The third kappa shape index (κ3) is 4.16. The number of fused-ring (bicyclic) bond motifs is 3. The first-order chi connectivity index (χ1) is 19.5. The molecule has 0 bridgehead atoms. The molecule has 10 heteroatoms. The highest BCUT2D eigenvalue weighted by Crippen LogP contribution is 2.52. The summed E-state index contributed by atoms with van der Waals surface area (Å²) in [7, 11) is 0. The summed E-state index contributed by atoms with van der Waals surface area (Å²) in [6, 6.07) is 11.5. The summed E-state index contributed by atoms with van der Waals surface area (Å²) in [6.07, 6.45) is 1.32. The quantitative estimate of drug-likeness (QED) is 0.356. The molecule has 3 atom stereocenters. The fraction of sp³-hybridized carbons (Fsp3) is 0.387. The van der Waals surface area contributed by atoms with Gasteiger partial charge in [0.05, 0.1) is 5.56 Å². The molecule has 6 N–H and O–H groups in total. The van der Waals surface area contributed by atoms with E-state index in [0.29, 0.717) is 5.92 Å². The van der Waals surface area contributed by atoms with Gasteiger partial charge in [0, 0.05) is 35.6 Å². The van der Waals surface area contributed by atoms with Gasteiger partial charge in [-0.05, 0) is 62.2 Å². The molecule has 1 saturated heterocycles. The van der Waals surface area contributed by atoms with Crippen molar-refractivity contribution in [3.63, 3.8) is 0 Å². The minimum Gasteiger partial charge on any atom is -0.508 e. The van der Waals surface area contributed by atoms with Gasteiger partial charge in [-0.1, -0.05) is 30.3 Å². The first kappa shape index (κ1) is 27.2. The largest absolute Gasteiger partial charge is 0.508 e. The number of aliphatic hydroxyl groups excluding tert-OH is 2. The maximum Gasteiger partial charge on any atom is 0.255 e. The van der Waals surface area contributed by atoms with Crippen molar-refractivity contribution in [2.45, 2.75) is 50.2 Å². The van der Waals surface area contributed by atoms with Gasteiger partial charge in [-0.2, -0.15) is 0 Å². The molecule has 214 valence electrons. The highest BCUT2D eigenvalue weighted by atomic mass is 19.1. The fourth-order valence-corrected chi connectivity index (χ4v) is 7.23. The Kier molecular flexibility index (Phi) is 6.50. The number of aliphatic hydroxyl groups is 3. The Labute approximate surface area is 235 Å². The Hall–Kier alpha value is -4.02. The van der Waals surface area contributed by atoms with Crippen LogP contribution in [0.25, 0.3) is 5.76 Å². The highest BCUT2D eigenvalue weighted by molar-refractivity contribution is 6.22. The number of carbonyl (C=O) groups is 3. The molecule has 0 aromatic heterocycles. The van der Waals surface area contributed by atoms with Gasteiger partial charge in [0.15, 0.2) is 11.4 Å². The van der Waals surface area contributed by atoms with Crippen molar-refractivity contribution in [2.24, 2.45) is 17.6 Å². The maximum atomic E-state index is 16.0. The van der Waals surface area contributed by atoms with E-state index in [0.717, 1.165) is 25.9 Å². The van der Waals surface area contributed by atoms with Crippen LogP contribution in [0, 0.1) is 17.7 Å². The van der Waals surface area contributed by atoms with Crippen LogP contribution in [-0.4, -0.2) is 61.5 Å². The van der Waals surface area contributed by atoms with E-state index in [-0.39, 0.29) is 41.6 Å². The van der Waals surface area contributed by atoms with E-state index in [1.165, 1.54) is 11.6 Å². The van der Waals surface area contributed by atoms with E-state index in [1.807, 2.05) is 18.2 Å². The van der Waals surface area contributed by atoms with Crippen LogP contribution in [0.15, 0.2) is 53.3 Å². The average molecular weight is 563 g/mol. The Morgan fingerprint density at radius 3 is 2.39 bits per heavy atom. The standard InChI is InChI=1S/C31H31FN2O7/c32-26-18(14-34-8-6-16(7-9-34)15-4-2-1-3-5-15)12-21(35)24-20(26)11-17-10-19-13-22(36)25(30(33)40)29(39)31(19,41)28(38)23(17)27(24)37/h1-5,12,16-17,19,35,37,39,41H,6-11,13-14H2,(H2,33,40)/t17?,19-,31-/m0/s1. The molecule has 3 aliphatic carbocycles. The van der Waals surface area contributed by atoms with Crippen molar-refractivity contribution in [1.82, 2.24) is 4.90 Å². The number of amides is 1. The zero-order chi connectivity index (χ0) is 29.2. The summed E-state index contributed by atoms with van der Waals surface area (Å²) in [5.74, 6) is -7.44. The molecule has 9 nitrogen and oxygen atoms in total. The Bertz CT molecular complexity index is 1540. The smallest absolute Gasteiger partial charge is 0.255 e. The SMILES string of the molecule is NC(=O)C1=C(O)[C@@]2(O)C(=O)C3=C(O)c4c(O)cc(CN5CCC(c6ccccc6)CC5)c(F)c4CC3C[C@H]2CC1=O. The van der Waals surface area contributed by atoms with Crippen LogP contribution in [0.1, 0.15) is 53.9 Å². The van der Waals surface area contributed by atoms with Crippen molar-refractivity contribution < 1.29 is 39.2 Å². The number of phenolic OH excluding ortho intramolecular Hbond substituents is 1. The van der Waals surface area contributed by atoms with Crippen molar-refractivity contribution >= 4 is 23.2 Å². The predicted octanol–water partition coefficient (Wildman–Crippen LogP) is 2.94. The Morgan fingerprint density at radius 1 is 1.05 bits per heavy atom. The van der Waals surface area contributed by atoms with Gasteiger partial charge in [-0.25, -0.2) is 4.39 Å². The summed E-state index contributed by atoms with van der Waals surface area (Å²) in [6.45, 7) is 1.77. The molecule has 0 spiro atoms. The number of piperidine rings is 1. The van der Waals surface area contributed by atoms with Crippen molar-refractivity contribution in [2.75, 3.05) is 13.1 Å². The number of halogens is 1. The summed E-state index contributed by atoms with van der Waals surface area (Å²) in [5, 5.41) is 44.0. The van der Waals surface area contributed by atoms with Gasteiger partial charge in [0.2, 0.25) is 5.78 Å². The van der Waals surface area contributed by atoms with Crippen LogP contribution in [0.2, 0.25) is 0 Å². The molecule has 1 unspecified atom stereocenters. The first-order valence-electron chi connectivity index (χ1n) is 13.8. The number of hydrogen-bond donors (Lipinski definition) is 5. The van der Waals surface area contributed by atoms with Crippen molar-refractivity contribution in [3.05, 3.63) is 81.4 Å². The molecule has 2 aromatic carbocycles. The molecule has 1 amide bonds. The lowest BCUT2D eigenvalue weighted by Gasteiger charge is -2.46. The van der Waals surface area contributed by atoms with E-state index < -0.39 is 70.0 Å². The number of aromatic hydroxyl groups is 1. The fourth-order valence-electron chi connectivity index (χ4n) is 7.23. The molecule has 2 fully saturated rings. The molecule has 1 aliphatic heterocycles. The molecule has 0 radical (unpaired) electrons. The maximum absolute atomic E-state index is 16.0. The normalized spacial score (nSPS) is 27.0. The van der Waals surface area contributed by atoms with Crippen LogP contribution >= 0.6 is 0 Å². The van der Waals surface area contributed by atoms with Crippen LogP contribution in [0.5, 0.6) is 5.75 Å². The van der Waals surface area contributed by atoms with Crippen LogP contribution < -0.4 is 5.73 Å². The number of benzene rings is 2. The van der Waals surface area contributed by atoms with Crippen LogP contribution in [-0.2, 0) is 27.3 Å². The lowest BCUT2D eigenvalue weighted by molar-refractivity contribution is -0.147. The van der Waals surface area contributed by atoms with Gasteiger partial charge in [0.25, 0.3) is 5.91 Å². The third-order valence-electron chi connectivity index (χ3n) is 9.32. The van der Waals surface area contributed by atoms with E-state index in [2.05, 4.69) is 17.0 Å². The van der Waals surface area contributed by atoms with E-state index >= 15 is 4.39 Å². The zero-order valence-electron chi connectivity index (χ0n) is 22.3. The molecule has 1 saturated carbocycles. The summed E-state index contributed by atoms with van der Waals surface area (Å²) in [5.41, 5.74) is 2.81. The Balaban J connectivity index is 1.30. The molecular weight excluding hydrogens is 531 g/mol. The second kappa shape index (κ2) is 9.81. The Morgan fingerprint density at radius 2 is 1.73 bits per heavy atom. The molecule has 41 heavy (non-hydrogen) atoms. The molecule has 2 aromatic rings. The summed E-state index contributed by atoms with van der Waals surface area (Å²) < 4.78 is 16.0. The van der Waals surface area contributed by atoms with Gasteiger partial charge in [0.1, 0.15) is 28.7 Å². The second-order valence-electron chi connectivity index (χ2n) is 11.6. The predicted molar refractivity (Wildman–Crippen MR) is 145 cm³/mol. The number of primary amides is 1. The number of likely N-dealkylation sites (tertiary alicyclic amines) is 1. The minimum atomic E-state index is -2.64. The number of rotatable bonds is 4. The van der Waals surface area contributed by atoms with Crippen molar-refractivity contribution in [3.8, 4) is 5.75 Å². The van der Waals surface area contributed by atoms with Crippen molar-refractivity contribution in [1.29, 1.82) is 0 Å². The molecule has 6 rings (SSSR count). The second-order valence-corrected chi connectivity index (χ2v) is 11.6. The van der Waals surface area contributed by atoms with Gasteiger partial charge in [-0.3, -0.25) is 19.3 Å². The van der Waals surface area contributed by atoms with Gasteiger partial charge >= 0.3 is 0 Å². The molecule has 1 heterocycles. The highest BCUT2D eigenvalue weighted by Gasteiger charge is 2.60. The monoisotopic (exact) mass is 562 g/mol. The molecular formula is C31H31FN2O7. The number of phenols is 1. The van der Waals surface area contributed by atoms with Crippen LogP contribution in [0.3, 0.4) is 0 Å². The first-order valence-corrected chi connectivity index (χ1v) is 13.8. The number of ketones is 2. The lowest BCUT2D eigenvalue weighted by atomic mass is 9.59. The number of carbonyl (C=O) groups excluding carboxylic acids is 3. The van der Waals surface area contributed by atoms with E-state index in [1.54, 1.807) is 0 Å². The minimum absolute atomic E-state index is 0.0413. The summed E-state index contributed by atoms with van der Waals surface area (Å²) >= 11 is 0. The number of nitrogens with two attached hydrogens (primary N) is 1. The summed E-state index contributed by atoms with van der Waals surface area (Å²) in [4.78, 5) is 40.0. The van der Waals surface area contributed by atoms with Gasteiger partial charge < -0.3 is 26.2 Å². The van der Waals surface area contributed by atoms with E-state index in [9.17, 15) is 34.8 Å². The lowest BCUT2D eigenvalue weighted by Crippen LogP contribution is -2.58. The zero-order valence-corrected chi connectivity index (χ0v) is 22.3. The van der Waals surface area contributed by atoms with E-state index in [4.69, 9.17) is 5.73 Å². The van der Waals surface area contributed by atoms with Crippen LogP contribution in [0.4, 0.5) is 4.39 Å². The number of Topliss-reactive ketones (excluding diaryl/α,β-unsaturated/α-hetero) is 2. The number of nitrogens with zero attached hydrogens (tertiary/aromatic N) is 1. The topological polar surface area (TPSA) is 161 Å². The average Bonchev–Trinajstić information content (AvgIpc) is 2.94. The third-order valence-corrected chi connectivity index (χ3v) is 9.32.